The van der Waals surface area contributed by atoms with E-state index in [0.717, 1.165) is 26.4 Å². The first-order valence-electron chi connectivity index (χ1n) is 5.40. The number of hydrogen-bond donors (Lipinski definition) is 1. The lowest BCUT2D eigenvalue weighted by atomic mass is 10.1. The number of methoxy groups -OCH3 is 1. The second-order valence-electron chi connectivity index (χ2n) is 3.90. The Hall–Kier alpha value is -0.900. The Balaban J connectivity index is 1.87. The monoisotopic (exact) mass is 206 g/mol. The van der Waals surface area contributed by atoms with Gasteiger partial charge in [0.15, 0.2) is 0 Å². The summed E-state index contributed by atoms with van der Waals surface area (Å²) in [5, 5.41) is 3.50. The summed E-state index contributed by atoms with van der Waals surface area (Å²) >= 11 is 0. The molecule has 1 aromatic carbocycles. The molecule has 1 aliphatic heterocycles. The smallest absolute Gasteiger partial charge is 0.0590 e. The van der Waals surface area contributed by atoms with Crippen molar-refractivity contribution in [3.8, 4) is 0 Å². The van der Waals surface area contributed by atoms with E-state index >= 15 is 0 Å². The molecule has 15 heavy (non-hydrogen) atoms. The van der Waals surface area contributed by atoms with Crippen LogP contribution in [0.2, 0.25) is 0 Å². The summed E-state index contributed by atoms with van der Waals surface area (Å²) in [5.41, 5.74) is 1.37. The summed E-state index contributed by atoms with van der Waals surface area (Å²) in [7, 11) is 1.75. The van der Waals surface area contributed by atoms with Crippen LogP contribution in [-0.4, -0.2) is 38.4 Å². The van der Waals surface area contributed by atoms with E-state index in [1.165, 1.54) is 5.56 Å². The molecule has 0 aliphatic carbocycles. The predicted octanol–water partition coefficient (Wildman–Crippen LogP) is 1.24. The summed E-state index contributed by atoms with van der Waals surface area (Å²) in [5.74, 6) is 0. The molecule has 2 rings (SSSR count). The number of ether oxygens (including phenoxy) is 1. The Bertz CT molecular complexity index is 289. The summed E-state index contributed by atoms with van der Waals surface area (Å²) in [6.45, 7) is 3.85. The van der Waals surface area contributed by atoms with Crippen molar-refractivity contribution >= 4 is 0 Å². The minimum Gasteiger partial charge on any atom is -0.383 e. The molecule has 1 N–H and O–H groups in total. The fourth-order valence-corrected chi connectivity index (χ4v) is 1.93. The lowest BCUT2D eigenvalue weighted by Gasteiger charge is -2.13. The fourth-order valence-electron chi connectivity index (χ4n) is 1.93. The molecule has 1 aromatic rings. The standard InChI is InChI=1S/C12H18N2O/c1-15-8-7-14-9-12(13-10-14)11-5-3-2-4-6-11/h2-6,12-13H,7-10H2,1H3. The highest BCUT2D eigenvalue weighted by atomic mass is 16.5. The van der Waals surface area contributed by atoms with Gasteiger partial charge in [0.2, 0.25) is 0 Å². The molecule has 0 saturated carbocycles. The summed E-state index contributed by atoms with van der Waals surface area (Å²) < 4.78 is 5.08. The van der Waals surface area contributed by atoms with Crippen molar-refractivity contribution in [2.75, 3.05) is 33.5 Å². The third-order valence-electron chi connectivity index (χ3n) is 2.82. The third-order valence-corrected chi connectivity index (χ3v) is 2.82. The van der Waals surface area contributed by atoms with Crippen LogP contribution in [0.3, 0.4) is 0 Å². The van der Waals surface area contributed by atoms with Crippen LogP contribution in [0, 0.1) is 0 Å². The lowest BCUT2D eigenvalue weighted by molar-refractivity contribution is 0.159. The van der Waals surface area contributed by atoms with Crippen molar-refractivity contribution in [3.05, 3.63) is 35.9 Å². The summed E-state index contributed by atoms with van der Waals surface area (Å²) in [6.07, 6.45) is 0. The van der Waals surface area contributed by atoms with Gasteiger partial charge in [-0.25, -0.2) is 0 Å². The van der Waals surface area contributed by atoms with Crippen LogP contribution < -0.4 is 5.32 Å². The third kappa shape index (κ3) is 2.78. The molecule has 1 atom stereocenters. The van der Waals surface area contributed by atoms with E-state index in [2.05, 4.69) is 40.5 Å². The van der Waals surface area contributed by atoms with Crippen LogP contribution in [0.4, 0.5) is 0 Å². The molecule has 0 spiro atoms. The van der Waals surface area contributed by atoms with Crippen LogP contribution in [0.5, 0.6) is 0 Å². The number of rotatable bonds is 4. The van der Waals surface area contributed by atoms with Gasteiger partial charge in [-0.15, -0.1) is 0 Å². The van der Waals surface area contributed by atoms with Gasteiger partial charge in [-0.2, -0.15) is 0 Å². The quantitative estimate of drug-likeness (QED) is 0.802. The first-order chi connectivity index (χ1) is 7.40. The van der Waals surface area contributed by atoms with Gasteiger partial charge < -0.3 is 4.74 Å². The average molecular weight is 206 g/mol. The Morgan fingerprint density at radius 1 is 1.40 bits per heavy atom. The number of benzene rings is 1. The topological polar surface area (TPSA) is 24.5 Å². The molecule has 1 aliphatic rings. The minimum atomic E-state index is 0.475. The van der Waals surface area contributed by atoms with Crippen LogP contribution in [0.25, 0.3) is 0 Å². The zero-order valence-electron chi connectivity index (χ0n) is 9.15. The number of hydrogen-bond acceptors (Lipinski definition) is 3. The zero-order chi connectivity index (χ0) is 10.5. The molecule has 3 nitrogen and oxygen atoms in total. The summed E-state index contributed by atoms with van der Waals surface area (Å²) in [4.78, 5) is 2.38. The largest absolute Gasteiger partial charge is 0.383 e. The molecule has 82 valence electrons. The Morgan fingerprint density at radius 2 is 2.20 bits per heavy atom. The van der Waals surface area contributed by atoms with Crippen molar-refractivity contribution in [2.24, 2.45) is 0 Å². The van der Waals surface area contributed by atoms with Gasteiger partial charge in [-0.05, 0) is 5.56 Å². The molecule has 0 amide bonds. The van der Waals surface area contributed by atoms with Crippen LogP contribution in [-0.2, 0) is 4.74 Å². The average Bonchev–Trinajstić information content (AvgIpc) is 2.76. The van der Waals surface area contributed by atoms with E-state index in [1.54, 1.807) is 7.11 Å². The molecule has 0 bridgehead atoms. The van der Waals surface area contributed by atoms with Gasteiger partial charge in [0.1, 0.15) is 0 Å². The van der Waals surface area contributed by atoms with Gasteiger partial charge in [0.25, 0.3) is 0 Å². The Morgan fingerprint density at radius 3 is 2.93 bits per heavy atom. The van der Waals surface area contributed by atoms with E-state index in [-0.39, 0.29) is 0 Å². The highest BCUT2D eigenvalue weighted by Crippen LogP contribution is 2.17. The predicted molar refractivity (Wildman–Crippen MR) is 60.6 cm³/mol. The minimum absolute atomic E-state index is 0.475. The van der Waals surface area contributed by atoms with Crippen LogP contribution in [0.1, 0.15) is 11.6 Å². The molecule has 1 unspecified atom stereocenters. The van der Waals surface area contributed by atoms with E-state index in [4.69, 9.17) is 4.74 Å². The fraction of sp³-hybridized carbons (Fsp3) is 0.500. The number of nitrogens with one attached hydrogen (secondary N) is 1. The molecule has 0 radical (unpaired) electrons. The maximum Gasteiger partial charge on any atom is 0.0590 e. The van der Waals surface area contributed by atoms with E-state index in [0.29, 0.717) is 6.04 Å². The van der Waals surface area contributed by atoms with Crippen molar-refractivity contribution < 1.29 is 4.74 Å². The Labute approximate surface area is 91.0 Å². The molecular weight excluding hydrogens is 188 g/mol. The van der Waals surface area contributed by atoms with Gasteiger partial charge in [0, 0.05) is 32.9 Å². The van der Waals surface area contributed by atoms with Crippen LogP contribution in [0.15, 0.2) is 30.3 Å². The molecule has 1 saturated heterocycles. The number of nitrogens with zero attached hydrogens (tertiary/aromatic N) is 1. The molecule has 3 heteroatoms. The molecular formula is C12H18N2O. The highest BCUT2D eigenvalue weighted by molar-refractivity contribution is 5.20. The first kappa shape index (κ1) is 10.6. The van der Waals surface area contributed by atoms with Gasteiger partial charge >= 0.3 is 0 Å². The normalized spacial score (nSPS) is 22.1. The van der Waals surface area contributed by atoms with Crippen molar-refractivity contribution in [3.63, 3.8) is 0 Å². The van der Waals surface area contributed by atoms with Crippen molar-refractivity contribution in [2.45, 2.75) is 6.04 Å². The first-order valence-corrected chi connectivity index (χ1v) is 5.40. The second kappa shape index (κ2) is 5.26. The molecule has 1 fully saturated rings. The van der Waals surface area contributed by atoms with Crippen LogP contribution >= 0.6 is 0 Å². The lowest BCUT2D eigenvalue weighted by Crippen LogP contribution is -2.25. The van der Waals surface area contributed by atoms with E-state index in [9.17, 15) is 0 Å². The summed E-state index contributed by atoms with van der Waals surface area (Å²) in [6, 6.07) is 11.1. The zero-order valence-corrected chi connectivity index (χ0v) is 9.15. The maximum atomic E-state index is 5.08. The SMILES string of the molecule is COCCN1CNC(c2ccccc2)C1. The van der Waals surface area contributed by atoms with Gasteiger partial charge in [0.05, 0.1) is 6.61 Å². The second-order valence-corrected chi connectivity index (χ2v) is 3.90. The maximum absolute atomic E-state index is 5.08. The van der Waals surface area contributed by atoms with E-state index < -0.39 is 0 Å². The molecule has 0 aromatic heterocycles. The van der Waals surface area contributed by atoms with E-state index in [1.807, 2.05) is 0 Å². The van der Waals surface area contributed by atoms with Crippen molar-refractivity contribution in [1.29, 1.82) is 0 Å². The molecule has 1 heterocycles. The van der Waals surface area contributed by atoms with Gasteiger partial charge in [-0.3, -0.25) is 10.2 Å². The Kier molecular flexibility index (Phi) is 3.72. The highest BCUT2D eigenvalue weighted by Gasteiger charge is 2.21. The van der Waals surface area contributed by atoms with Gasteiger partial charge in [-0.1, -0.05) is 30.3 Å². The van der Waals surface area contributed by atoms with Crippen molar-refractivity contribution in [1.82, 2.24) is 10.2 Å².